The van der Waals surface area contributed by atoms with Crippen LogP contribution in [0, 0.1) is 5.82 Å². The summed E-state index contributed by atoms with van der Waals surface area (Å²) in [6.45, 7) is 5.56. The fourth-order valence-corrected chi connectivity index (χ4v) is 2.85. The second kappa shape index (κ2) is 8.84. The monoisotopic (exact) mass is 324 g/mol. The molecule has 0 aromatic heterocycles. The molecular weight excluding hydrogens is 299 g/mol. The second-order valence-electron chi connectivity index (χ2n) is 5.94. The number of rotatable bonds is 8. The molecule has 0 amide bonds. The minimum atomic E-state index is -0.721. The Morgan fingerprint density at radius 2 is 1.91 bits per heavy atom. The third-order valence-corrected chi connectivity index (χ3v) is 4.20. The van der Waals surface area contributed by atoms with Crippen molar-refractivity contribution in [3.05, 3.63) is 29.6 Å². The fraction of sp³-hybridized carbons (Fsp3) is 0.588. The summed E-state index contributed by atoms with van der Waals surface area (Å²) >= 11 is 0. The lowest BCUT2D eigenvalue weighted by molar-refractivity contribution is -0.137. The van der Waals surface area contributed by atoms with E-state index in [1.54, 1.807) is 6.07 Å². The molecule has 1 aromatic carbocycles. The van der Waals surface area contributed by atoms with Crippen molar-refractivity contribution in [3.63, 3.8) is 0 Å². The molecule has 1 saturated heterocycles. The molecule has 0 spiro atoms. The second-order valence-corrected chi connectivity index (χ2v) is 5.94. The predicted octanol–water partition coefficient (Wildman–Crippen LogP) is 2.21. The Bertz CT molecular complexity index is 517. The summed E-state index contributed by atoms with van der Waals surface area (Å²) in [6.07, 6.45) is 1.92. The average molecular weight is 324 g/mol. The van der Waals surface area contributed by atoms with Gasteiger partial charge in [-0.2, -0.15) is 0 Å². The number of hydrogen-bond acceptors (Lipinski definition) is 4. The van der Waals surface area contributed by atoms with Crippen molar-refractivity contribution in [1.82, 2.24) is 9.80 Å². The third-order valence-electron chi connectivity index (χ3n) is 4.20. The number of unbranched alkanes of at least 4 members (excludes halogenated alkanes) is 1. The van der Waals surface area contributed by atoms with E-state index in [0.29, 0.717) is 0 Å². The third kappa shape index (κ3) is 5.80. The lowest BCUT2D eigenvalue weighted by Gasteiger charge is -2.34. The van der Waals surface area contributed by atoms with Gasteiger partial charge in [-0.3, -0.25) is 9.69 Å². The van der Waals surface area contributed by atoms with Crippen LogP contribution in [-0.2, 0) is 11.3 Å². The number of carboxylic acid groups (broad SMARTS) is 1. The number of halogens is 1. The molecule has 128 valence electrons. The van der Waals surface area contributed by atoms with Crippen LogP contribution in [0.25, 0.3) is 0 Å². The van der Waals surface area contributed by atoms with Gasteiger partial charge in [0, 0.05) is 39.1 Å². The van der Waals surface area contributed by atoms with Crippen LogP contribution in [-0.4, -0.2) is 60.7 Å². The van der Waals surface area contributed by atoms with Crippen LogP contribution in [0.3, 0.4) is 0 Å². The number of carboxylic acids is 1. The van der Waals surface area contributed by atoms with Crippen LogP contribution in [0.2, 0.25) is 0 Å². The molecule has 0 unspecified atom stereocenters. The summed E-state index contributed by atoms with van der Waals surface area (Å²) in [5.74, 6) is -0.761. The molecule has 1 aliphatic heterocycles. The molecule has 2 rings (SSSR count). The van der Waals surface area contributed by atoms with Crippen LogP contribution < -0.4 is 4.74 Å². The summed E-state index contributed by atoms with van der Waals surface area (Å²) in [6, 6.07) is 5.11. The zero-order valence-corrected chi connectivity index (χ0v) is 13.6. The molecule has 1 fully saturated rings. The van der Waals surface area contributed by atoms with Gasteiger partial charge in [0.2, 0.25) is 0 Å². The normalized spacial score (nSPS) is 16.4. The molecular formula is C17H25FN2O3. The lowest BCUT2D eigenvalue weighted by atomic mass is 10.1. The Hall–Kier alpha value is -1.66. The highest BCUT2D eigenvalue weighted by Crippen LogP contribution is 2.19. The van der Waals surface area contributed by atoms with Crippen molar-refractivity contribution >= 4 is 5.97 Å². The lowest BCUT2D eigenvalue weighted by Crippen LogP contribution is -2.46. The van der Waals surface area contributed by atoms with Crippen molar-refractivity contribution in [2.24, 2.45) is 0 Å². The van der Waals surface area contributed by atoms with Gasteiger partial charge in [0.1, 0.15) is 0 Å². The molecule has 0 atom stereocenters. The Balaban J connectivity index is 1.70. The van der Waals surface area contributed by atoms with Gasteiger partial charge in [0.15, 0.2) is 11.6 Å². The predicted molar refractivity (Wildman–Crippen MR) is 86.2 cm³/mol. The van der Waals surface area contributed by atoms with E-state index in [0.717, 1.165) is 57.7 Å². The smallest absolute Gasteiger partial charge is 0.303 e. The molecule has 0 aliphatic carbocycles. The van der Waals surface area contributed by atoms with Crippen molar-refractivity contribution < 1.29 is 19.0 Å². The van der Waals surface area contributed by atoms with Crippen LogP contribution in [0.1, 0.15) is 24.8 Å². The summed E-state index contributed by atoms with van der Waals surface area (Å²) < 4.78 is 18.6. The number of piperazine rings is 1. The summed E-state index contributed by atoms with van der Waals surface area (Å²) in [4.78, 5) is 15.2. The van der Waals surface area contributed by atoms with E-state index in [-0.39, 0.29) is 18.0 Å². The maximum absolute atomic E-state index is 13.7. The number of carbonyl (C=O) groups is 1. The molecule has 1 N–H and O–H groups in total. The maximum atomic E-state index is 13.7. The number of hydrogen-bond donors (Lipinski definition) is 1. The highest BCUT2D eigenvalue weighted by atomic mass is 19.1. The van der Waals surface area contributed by atoms with E-state index in [1.807, 2.05) is 6.07 Å². The summed E-state index contributed by atoms with van der Waals surface area (Å²) in [7, 11) is 1.47. The van der Waals surface area contributed by atoms with E-state index >= 15 is 0 Å². The number of benzene rings is 1. The van der Waals surface area contributed by atoms with Gasteiger partial charge in [0.25, 0.3) is 0 Å². The highest BCUT2D eigenvalue weighted by Gasteiger charge is 2.17. The first-order valence-corrected chi connectivity index (χ1v) is 8.07. The first-order valence-electron chi connectivity index (χ1n) is 8.07. The Morgan fingerprint density at radius 1 is 1.22 bits per heavy atom. The minimum absolute atomic E-state index is 0.253. The Morgan fingerprint density at radius 3 is 2.52 bits per heavy atom. The van der Waals surface area contributed by atoms with Crippen molar-refractivity contribution in [2.75, 3.05) is 39.8 Å². The van der Waals surface area contributed by atoms with Crippen LogP contribution in [0.5, 0.6) is 5.75 Å². The number of methoxy groups -OCH3 is 1. The SMILES string of the molecule is COc1ccc(CN2CCN(CCCCC(=O)O)CC2)cc1F. The first-order chi connectivity index (χ1) is 11.1. The quantitative estimate of drug-likeness (QED) is 0.743. The van der Waals surface area contributed by atoms with E-state index < -0.39 is 5.97 Å². The molecule has 1 heterocycles. The van der Waals surface area contributed by atoms with Gasteiger partial charge >= 0.3 is 5.97 Å². The van der Waals surface area contributed by atoms with Gasteiger partial charge in [0.05, 0.1) is 7.11 Å². The maximum Gasteiger partial charge on any atom is 0.303 e. The topological polar surface area (TPSA) is 53.0 Å². The minimum Gasteiger partial charge on any atom is -0.494 e. The Kier molecular flexibility index (Phi) is 6.80. The van der Waals surface area contributed by atoms with Crippen LogP contribution in [0.15, 0.2) is 18.2 Å². The van der Waals surface area contributed by atoms with Crippen LogP contribution in [0.4, 0.5) is 4.39 Å². The van der Waals surface area contributed by atoms with E-state index in [9.17, 15) is 9.18 Å². The standard InChI is InChI=1S/C17H25FN2O3/c1-23-16-6-5-14(12-15(16)18)13-20-10-8-19(9-11-20)7-3-2-4-17(21)22/h5-6,12H,2-4,7-11,13H2,1H3,(H,21,22). The van der Waals surface area contributed by atoms with Gasteiger partial charge in [-0.05, 0) is 37.1 Å². The van der Waals surface area contributed by atoms with Crippen LogP contribution >= 0.6 is 0 Å². The van der Waals surface area contributed by atoms with E-state index in [4.69, 9.17) is 9.84 Å². The summed E-state index contributed by atoms with van der Waals surface area (Å²) in [5, 5.41) is 8.62. The van der Waals surface area contributed by atoms with Gasteiger partial charge in [-0.25, -0.2) is 4.39 Å². The number of aliphatic carboxylic acids is 1. The molecule has 5 nitrogen and oxygen atoms in total. The molecule has 0 radical (unpaired) electrons. The van der Waals surface area contributed by atoms with Gasteiger partial charge in [-0.15, -0.1) is 0 Å². The largest absolute Gasteiger partial charge is 0.494 e. The summed E-state index contributed by atoms with van der Waals surface area (Å²) in [5.41, 5.74) is 0.957. The van der Waals surface area contributed by atoms with Crippen molar-refractivity contribution in [2.45, 2.75) is 25.8 Å². The van der Waals surface area contributed by atoms with Gasteiger partial charge < -0.3 is 14.7 Å². The number of ether oxygens (including phenoxy) is 1. The Labute approximate surface area is 136 Å². The molecule has 23 heavy (non-hydrogen) atoms. The van der Waals surface area contributed by atoms with Crippen molar-refractivity contribution in [1.29, 1.82) is 0 Å². The zero-order valence-electron chi connectivity index (χ0n) is 13.6. The fourth-order valence-electron chi connectivity index (χ4n) is 2.85. The number of nitrogens with zero attached hydrogens (tertiary/aromatic N) is 2. The molecule has 1 aromatic rings. The molecule has 6 heteroatoms. The highest BCUT2D eigenvalue weighted by molar-refractivity contribution is 5.66. The first kappa shape index (κ1) is 17.7. The van der Waals surface area contributed by atoms with Gasteiger partial charge in [-0.1, -0.05) is 6.07 Å². The average Bonchev–Trinajstić information content (AvgIpc) is 2.53. The molecule has 0 saturated carbocycles. The van der Waals surface area contributed by atoms with E-state index in [2.05, 4.69) is 9.80 Å². The van der Waals surface area contributed by atoms with E-state index in [1.165, 1.54) is 13.2 Å². The zero-order chi connectivity index (χ0) is 16.7. The molecule has 1 aliphatic rings. The van der Waals surface area contributed by atoms with Crippen molar-refractivity contribution in [3.8, 4) is 5.75 Å². The molecule has 0 bridgehead atoms.